The van der Waals surface area contributed by atoms with Gasteiger partial charge in [0, 0.05) is 12.5 Å². The molecule has 0 saturated carbocycles. The molecule has 82 valence electrons. The summed E-state index contributed by atoms with van der Waals surface area (Å²) in [6.07, 6.45) is 5.52. The lowest BCUT2D eigenvalue weighted by molar-refractivity contribution is -0.126. The quantitative estimate of drug-likeness (QED) is 0.737. The third-order valence-corrected chi connectivity index (χ3v) is 3.44. The van der Waals surface area contributed by atoms with Gasteiger partial charge in [0.05, 0.1) is 0 Å². The van der Waals surface area contributed by atoms with Crippen LogP contribution < -0.4 is 5.32 Å². The molecule has 1 aliphatic rings. The molecule has 1 aliphatic heterocycles. The lowest BCUT2D eigenvalue weighted by Crippen LogP contribution is -2.48. The zero-order valence-electron chi connectivity index (χ0n) is 9.68. The minimum atomic E-state index is 0.253. The zero-order valence-corrected chi connectivity index (χ0v) is 9.68. The normalized spacial score (nSPS) is 32.8. The highest BCUT2D eigenvalue weighted by Crippen LogP contribution is 2.29. The summed E-state index contributed by atoms with van der Waals surface area (Å²) >= 11 is 0. The van der Waals surface area contributed by atoms with Crippen LogP contribution >= 0.6 is 0 Å². The van der Waals surface area contributed by atoms with E-state index in [9.17, 15) is 4.79 Å². The minimum Gasteiger partial charge on any atom is -0.353 e. The van der Waals surface area contributed by atoms with E-state index in [4.69, 9.17) is 0 Å². The van der Waals surface area contributed by atoms with E-state index in [1.807, 2.05) is 0 Å². The second-order valence-electron chi connectivity index (χ2n) is 4.57. The molecule has 3 atom stereocenters. The molecule has 1 saturated heterocycles. The van der Waals surface area contributed by atoms with E-state index < -0.39 is 0 Å². The van der Waals surface area contributed by atoms with Gasteiger partial charge >= 0.3 is 0 Å². The van der Waals surface area contributed by atoms with E-state index >= 15 is 0 Å². The first kappa shape index (κ1) is 11.5. The third-order valence-electron chi connectivity index (χ3n) is 3.44. The lowest BCUT2D eigenvalue weighted by atomic mass is 9.78. The highest BCUT2D eigenvalue weighted by atomic mass is 16.1. The van der Waals surface area contributed by atoms with Gasteiger partial charge in [-0.1, -0.05) is 40.0 Å². The van der Waals surface area contributed by atoms with Crippen LogP contribution in [0.4, 0.5) is 0 Å². The standard InChI is InChI=1S/C12H23NO/c1-4-6-7-11-10(5-2)9(3)8-12(14)13-11/h9-11H,4-8H2,1-3H3,(H,13,14)/t9-,10-,11+/m0/s1. The molecular formula is C12H23NO. The van der Waals surface area contributed by atoms with Crippen LogP contribution in [0.5, 0.6) is 0 Å². The Morgan fingerprint density at radius 3 is 2.71 bits per heavy atom. The van der Waals surface area contributed by atoms with Crippen molar-refractivity contribution in [3.05, 3.63) is 0 Å². The van der Waals surface area contributed by atoms with Crippen molar-refractivity contribution >= 4 is 5.91 Å². The molecule has 0 spiro atoms. The number of amides is 1. The summed E-state index contributed by atoms with van der Waals surface area (Å²) in [6.45, 7) is 6.65. The second-order valence-corrected chi connectivity index (χ2v) is 4.57. The fraction of sp³-hybridized carbons (Fsp3) is 0.917. The number of rotatable bonds is 4. The summed E-state index contributed by atoms with van der Waals surface area (Å²) in [5.74, 6) is 1.51. The van der Waals surface area contributed by atoms with Gasteiger partial charge in [-0.25, -0.2) is 0 Å². The summed E-state index contributed by atoms with van der Waals surface area (Å²) in [4.78, 5) is 11.4. The van der Waals surface area contributed by atoms with Crippen LogP contribution in [0.1, 0.15) is 52.9 Å². The molecule has 1 rings (SSSR count). The van der Waals surface area contributed by atoms with E-state index in [0.717, 1.165) is 12.8 Å². The molecule has 0 unspecified atom stereocenters. The molecule has 0 radical (unpaired) electrons. The first-order valence-electron chi connectivity index (χ1n) is 5.98. The lowest BCUT2D eigenvalue weighted by Gasteiger charge is -2.36. The summed E-state index contributed by atoms with van der Waals surface area (Å²) in [6, 6.07) is 0.441. The van der Waals surface area contributed by atoms with Gasteiger partial charge in [-0.15, -0.1) is 0 Å². The van der Waals surface area contributed by atoms with Gasteiger partial charge in [-0.3, -0.25) is 4.79 Å². The zero-order chi connectivity index (χ0) is 10.6. The van der Waals surface area contributed by atoms with Crippen LogP contribution in [0, 0.1) is 11.8 Å². The van der Waals surface area contributed by atoms with Gasteiger partial charge in [-0.2, -0.15) is 0 Å². The SMILES string of the molecule is CCCC[C@H]1NC(=O)C[C@H](C)[C@@H]1CC. The summed E-state index contributed by atoms with van der Waals surface area (Å²) < 4.78 is 0. The van der Waals surface area contributed by atoms with E-state index in [-0.39, 0.29) is 5.91 Å². The molecule has 1 fully saturated rings. The maximum Gasteiger partial charge on any atom is 0.220 e. The third kappa shape index (κ3) is 2.73. The highest BCUT2D eigenvalue weighted by molar-refractivity contribution is 5.77. The summed E-state index contributed by atoms with van der Waals surface area (Å²) in [5, 5.41) is 3.14. The van der Waals surface area contributed by atoms with Gasteiger partial charge in [0.15, 0.2) is 0 Å². The number of hydrogen-bond donors (Lipinski definition) is 1. The topological polar surface area (TPSA) is 29.1 Å². The van der Waals surface area contributed by atoms with Crippen LogP contribution in [0.2, 0.25) is 0 Å². The van der Waals surface area contributed by atoms with Crippen molar-refractivity contribution < 1.29 is 4.79 Å². The maximum absolute atomic E-state index is 11.4. The van der Waals surface area contributed by atoms with Crippen LogP contribution in [0.15, 0.2) is 0 Å². The molecule has 1 heterocycles. The molecule has 2 nitrogen and oxygen atoms in total. The average Bonchev–Trinajstić information content (AvgIpc) is 2.14. The Morgan fingerprint density at radius 1 is 1.43 bits per heavy atom. The van der Waals surface area contributed by atoms with E-state index in [2.05, 4.69) is 26.1 Å². The molecule has 0 aromatic heterocycles. The molecular weight excluding hydrogens is 174 g/mol. The van der Waals surface area contributed by atoms with Crippen molar-refractivity contribution in [2.45, 2.75) is 58.9 Å². The number of carbonyl (C=O) groups excluding carboxylic acids is 1. The van der Waals surface area contributed by atoms with Crippen LogP contribution in [0.3, 0.4) is 0 Å². The van der Waals surface area contributed by atoms with Crippen LogP contribution in [0.25, 0.3) is 0 Å². The monoisotopic (exact) mass is 197 g/mol. The molecule has 0 aromatic carbocycles. The van der Waals surface area contributed by atoms with Crippen molar-refractivity contribution in [1.29, 1.82) is 0 Å². The molecule has 0 aliphatic carbocycles. The van der Waals surface area contributed by atoms with Crippen LogP contribution in [-0.2, 0) is 4.79 Å². The van der Waals surface area contributed by atoms with Gasteiger partial charge in [0.2, 0.25) is 5.91 Å². The minimum absolute atomic E-state index is 0.253. The van der Waals surface area contributed by atoms with Crippen LogP contribution in [-0.4, -0.2) is 11.9 Å². The average molecular weight is 197 g/mol. The van der Waals surface area contributed by atoms with Crippen molar-refractivity contribution in [2.24, 2.45) is 11.8 Å². The van der Waals surface area contributed by atoms with E-state index in [0.29, 0.717) is 17.9 Å². The Labute approximate surface area is 87.5 Å². The van der Waals surface area contributed by atoms with E-state index in [1.54, 1.807) is 0 Å². The van der Waals surface area contributed by atoms with Crippen molar-refractivity contribution in [3.63, 3.8) is 0 Å². The smallest absolute Gasteiger partial charge is 0.220 e. The molecule has 1 N–H and O–H groups in total. The highest BCUT2D eigenvalue weighted by Gasteiger charge is 2.32. The largest absolute Gasteiger partial charge is 0.353 e. The van der Waals surface area contributed by atoms with Crippen molar-refractivity contribution in [3.8, 4) is 0 Å². The molecule has 1 amide bonds. The van der Waals surface area contributed by atoms with Gasteiger partial charge < -0.3 is 5.32 Å². The number of piperidine rings is 1. The van der Waals surface area contributed by atoms with E-state index in [1.165, 1.54) is 19.3 Å². The Bertz CT molecular complexity index is 191. The number of nitrogens with one attached hydrogen (secondary N) is 1. The van der Waals surface area contributed by atoms with Gasteiger partial charge in [0.1, 0.15) is 0 Å². The maximum atomic E-state index is 11.4. The fourth-order valence-electron chi connectivity index (χ4n) is 2.61. The molecule has 14 heavy (non-hydrogen) atoms. The van der Waals surface area contributed by atoms with Crippen molar-refractivity contribution in [1.82, 2.24) is 5.32 Å². The fourth-order valence-corrected chi connectivity index (χ4v) is 2.61. The predicted octanol–water partition coefficient (Wildman–Crippen LogP) is 2.73. The molecule has 2 heteroatoms. The van der Waals surface area contributed by atoms with Crippen molar-refractivity contribution in [2.75, 3.05) is 0 Å². The Morgan fingerprint density at radius 2 is 2.14 bits per heavy atom. The molecule has 0 aromatic rings. The first-order valence-corrected chi connectivity index (χ1v) is 5.98. The Balaban J connectivity index is 2.53. The second kappa shape index (κ2) is 5.38. The van der Waals surface area contributed by atoms with Gasteiger partial charge in [-0.05, 0) is 18.3 Å². The Hall–Kier alpha value is -0.530. The number of hydrogen-bond acceptors (Lipinski definition) is 1. The molecule has 0 bridgehead atoms. The first-order chi connectivity index (χ1) is 6.69. The number of carbonyl (C=O) groups is 1. The summed E-state index contributed by atoms with van der Waals surface area (Å²) in [5.41, 5.74) is 0. The van der Waals surface area contributed by atoms with Gasteiger partial charge in [0.25, 0.3) is 0 Å². The number of unbranched alkanes of at least 4 members (excludes halogenated alkanes) is 1. The summed E-state index contributed by atoms with van der Waals surface area (Å²) in [7, 11) is 0. The predicted molar refractivity (Wildman–Crippen MR) is 59.0 cm³/mol. The Kier molecular flexibility index (Phi) is 4.43.